The van der Waals surface area contributed by atoms with Gasteiger partial charge in [0.15, 0.2) is 0 Å². The summed E-state index contributed by atoms with van der Waals surface area (Å²) in [4.78, 5) is 13.7. The fourth-order valence-corrected chi connectivity index (χ4v) is 1.57. The lowest BCUT2D eigenvalue weighted by Gasteiger charge is -2.22. The molecule has 1 atom stereocenters. The predicted octanol–water partition coefficient (Wildman–Crippen LogP) is 2.97. The first-order chi connectivity index (χ1) is 8.60. The Hall–Kier alpha value is -1.77. The number of benzene rings is 1. The van der Waals surface area contributed by atoms with E-state index in [0.29, 0.717) is 0 Å². The molecule has 1 aromatic carbocycles. The van der Waals surface area contributed by atoms with Crippen molar-refractivity contribution in [3.63, 3.8) is 0 Å². The number of nitrogens with zero attached hydrogens (tertiary/aromatic N) is 1. The lowest BCUT2D eigenvalue weighted by atomic mass is 10.1. The normalized spacial score (nSPS) is 12.4. The topological polar surface area (TPSA) is 29.5 Å². The Morgan fingerprint density at radius 3 is 2.72 bits per heavy atom. The van der Waals surface area contributed by atoms with Gasteiger partial charge in [-0.1, -0.05) is 25.1 Å². The molecule has 3 nitrogen and oxygen atoms in total. The zero-order chi connectivity index (χ0) is 13.5. The molecular formula is C15H21NO2. The van der Waals surface area contributed by atoms with E-state index in [9.17, 15) is 4.79 Å². The number of hydrogen-bond acceptors (Lipinski definition) is 2. The fraction of sp³-hybridized carbons (Fsp3) is 0.400. The number of ether oxygens (including phenoxy) is 1. The van der Waals surface area contributed by atoms with Gasteiger partial charge in [0, 0.05) is 24.7 Å². The van der Waals surface area contributed by atoms with Crippen LogP contribution in [0.2, 0.25) is 0 Å². The Morgan fingerprint density at radius 1 is 1.44 bits per heavy atom. The van der Waals surface area contributed by atoms with Crippen LogP contribution in [0.15, 0.2) is 30.3 Å². The minimum atomic E-state index is 0.00950. The molecule has 1 amide bonds. The summed E-state index contributed by atoms with van der Waals surface area (Å²) in [7, 11) is 3.45. The average Bonchev–Trinajstić information content (AvgIpc) is 2.43. The first-order valence-electron chi connectivity index (χ1n) is 6.18. The van der Waals surface area contributed by atoms with Gasteiger partial charge in [0.2, 0.25) is 5.91 Å². The summed E-state index contributed by atoms with van der Waals surface area (Å²) < 4.78 is 5.23. The Balaban J connectivity index is 2.77. The molecule has 0 spiro atoms. The zero-order valence-electron chi connectivity index (χ0n) is 11.5. The molecule has 98 valence electrons. The number of likely N-dealkylation sites (N-methyl/N-ethyl adjacent to an activating group) is 1. The van der Waals surface area contributed by atoms with Gasteiger partial charge in [-0.05, 0) is 25.5 Å². The molecule has 18 heavy (non-hydrogen) atoms. The molecule has 0 saturated carbocycles. The van der Waals surface area contributed by atoms with Crippen molar-refractivity contribution >= 4 is 12.0 Å². The van der Waals surface area contributed by atoms with Gasteiger partial charge in [-0.25, -0.2) is 0 Å². The number of methoxy groups -OCH3 is 1. The average molecular weight is 247 g/mol. The molecule has 0 saturated heterocycles. The Bertz CT molecular complexity index is 426. The largest absolute Gasteiger partial charge is 0.496 e. The number of para-hydroxylation sites is 1. The van der Waals surface area contributed by atoms with E-state index in [2.05, 4.69) is 6.92 Å². The highest BCUT2D eigenvalue weighted by Crippen LogP contribution is 2.18. The lowest BCUT2D eigenvalue weighted by molar-refractivity contribution is -0.126. The van der Waals surface area contributed by atoms with Gasteiger partial charge in [0.25, 0.3) is 0 Å². The van der Waals surface area contributed by atoms with E-state index in [0.717, 1.165) is 17.7 Å². The molecule has 0 aliphatic heterocycles. The van der Waals surface area contributed by atoms with Crippen molar-refractivity contribution in [3.05, 3.63) is 35.9 Å². The van der Waals surface area contributed by atoms with E-state index < -0.39 is 0 Å². The zero-order valence-corrected chi connectivity index (χ0v) is 11.5. The highest BCUT2D eigenvalue weighted by atomic mass is 16.5. The summed E-state index contributed by atoms with van der Waals surface area (Å²) in [6, 6.07) is 7.88. The SMILES string of the molecule is CCC(C)N(C)C(=O)/C=C/c1ccccc1OC. The Morgan fingerprint density at radius 2 is 2.11 bits per heavy atom. The van der Waals surface area contributed by atoms with Crippen LogP contribution in [-0.2, 0) is 4.79 Å². The van der Waals surface area contributed by atoms with Gasteiger partial charge in [-0.15, -0.1) is 0 Å². The van der Waals surface area contributed by atoms with Crippen molar-refractivity contribution in [2.45, 2.75) is 26.3 Å². The predicted molar refractivity (Wildman–Crippen MR) is 74.6 cm³/mol. The second kappa shape index (κ2) is 6.84. The molecule has 3 heteroatoms. The third kappa shape index (κ3) is 3.62. The highest BCUT2D eigenvalue weighted by molar-refractivity contribution is 5.92. The van der Waals surface area contributed by atoms with E-state index in [4.69, 9.17) is 4.74 Å². The summed E-state index contributed by atoms with van der Waals surface area (Å²) in [6.45, 7) is 4.10. The van der Waals surface area contributed by atoms with Crippen LogP contribution < -0.4 is 4.74 Å². The number of carbonyl (C=O) groups excluding carboxylic acids is 1. The molecule has 0 bridgehead atoms. The summed E-state index contributed by atoms with van der Waals surface area (Å²) in [5, 5.41) is 0. The summed E-state index contributed by atoms with van der Waals surface area (Å²) >= 11 is 0. The van der Waals surface area contributed by atoms with Crippen molar-refractivity contribution in [1.29, 1.82) is 0 Å². The molecule has 0 aliphatic carbocycles. The van der Waals surface area contributed by atoms with Crippen molar-refractivity contribution < 1.29 is 9.53 Å². The maximum Gasteiger partial charge on any atom is 0.246 e. The monoisotopic (exact) mass is 247 g/mol. The van der Waals surface area contributed by atoms with E-state index >= 15 is 0 Å². The van der Waals surface area contributed by atoms with Crippen LogP contribution in [0.4, 0.5) is 0 Å². The first kappa shape index (κ1) is 14.3. The summed E-state index contributed by atoms with van der Waals surface area (Å²) in [5.41, 5.74) is 0.908. The Labute approximate surface area is 109 Å². The minimum Gasteiger partial charge on any atom is -0.496 e. The maximum atomic E-state index is 11.9. The smallest absolute Gasteiger partial charge is 0.246 e. The van der Waals surface area contributed by atoms with Gasteiger partial charge in [-0.3, -0.25) is 4.79 Å². The summed E-state index contributed by atoms with van der Waals surface area (Å²) in [6.07, 6.45) is 4.33. The number of amides is 1. The van der Waals surface area contributed by atoms with E-state index in [-0.39, 0.29) is 11.9 Å². The lowest BCUT2D eigenvalue weighted by Crippen LogP contribution is -2.33. The highest BCUT2D eigenvalue weighted by Gasteiger charge is 2.10. The quantitative estimate of drug-likeness (QED) is 0.749. The van der Waals surface area contributed by atoms with Crippen LogP contribution in [0.5, 0.6) is 5.75 Å². The van der Waals surface area contributed by atoms with E-state index in [1.54, 1.807) is 24.2 Å². The number of carbonyl (C=O) groups is 1. The van der Waals surface area contributed by atoms with Crippen molar-refractivity contribution in [3.8, 4) is 5.75 Å². The third-order valence-corrected chi connectivity index (χ3v) is 3.14. The van der Waals surface area contributed by atoms with Gasteiger partial charge in [-0.2, -0.15) is 0 Å². The number of hydrogen-bond donors (Lipinski definition) is 0. The van der Waals surface area contributed by atoms with Gasteiger partial charge >= 0.3 is 0 Å². The van der Waals surface area contributed by atoms with Crippen LogP contribution in [0, 0.1) is 0 Å². The van der Waals surface area contributed by atoms with Crippen molar-refractivity contribution in [2.75, 3.05) is 14.2 Å². The maximum absolute atomic E-state index is 11.9. The molecule has 1 aromatic rings. The van der Waals surface area contributed by atoms with Crippen LogP contribution >= 0.6 is 0 Å². The molecule has 0 N–H and O–H groups in total. The van der Waals surface area contributed by atoms with Crippen molar-refractivity contribution in [2.24, 2.45) is 0 Å². The second-order valence-corrected chi connectivity index (χ2v) is 4.28. The van der Waals surface area contributed by atoms with E-state index in [1.807, 2.05) is 38.2 Å². The second-order valence-electron chi connectivity index (χ2n) is 4.28. The molecule has 0 fully saturated rings. The van der Waals surface area contributed by atoms with Crippen molar-refractivity contribution in [1.82, 2.24) is 4.90 Å². The molecule has 0 aromatic heterocycles. The third-order valence-electron chi connectivity index (χ3n) is 3.14. The fourth-order valence-electron chi connectivity index (χ4n) is 1.57. The van der Waals surface area contributed by atoms with E-state index in [1.165, 1.54) is 0 Å². The van der Waals surface area contributed by atoms with Gasteiger partial charge in [0.1, 0.15) is 5.75 Å². The minimum absolute atomic E-state index is 0.00950. The van der Waals surface area contributed by atoms with Crippen LogP contribution in [0.25, 0.3) is 6.08 Å². The van der Waals surface area contributed by atoms with Crippen LogP contribution in [0.1, 0.15) is 25.8 Å². The molecule has 0 radical (unpaired) electrons. The summed E-state index contributed by atoms with van der Waals surface area (Å²) in [5.74, 6) is 0.781. The molecule has 1 rings (SSSR count). The first-order valence-corrected chi connectivity index (χ1v) is 6.18. The Kier molecular flexibility index (Phi) is 5.43. The van der Waals surface area contributed by atoms with Crippen LogP contribution in [-0.4, -0.2) is 31.0 Å². The van der Waals surface area contributed by atoms with Gasteiger partial charge < -0.3 is 9.64 Å². The molecule has 0 aliphatic rings. The number of rotatable bonds is 5. The molecular weight excluding hydrogens is 226 g/mol. The molecule has 0 heterocycles. The van der Waals surface area contributed by atoms with Crippen LogP contribution in [0.3, 0.4) is 0 Å². The molecule has 1 unspecified atom stereocenters. The standard InChI is InChI=1S/C15H21NO2/c1-5-12(2)16(3)15(17)11-10-13-8-6-7-9-14(13)18-4/h6-12H,5H2,1-4H3/b11-10+. The van der Waals surface area contributed by atoms with Gasteiger partial charge in [0.05, 0.1) is 7.11 Å².